The van der Waals surface area contributed by atoms with Crippen LogP contribution in [0.2, 0.25) is 0 Å². The average molecular weight is 207 g/mol. The van der Waals surface area contributed by atoms with Crippen molar-refractivity contribution in [1.29, 1.82) is 0 Å². The van der Waals surface area contributed by atoms with E-state index in [0.29, 0.717) is 12.4 Å². The van der Waals surface area contributed by atoms with Crippen molar-refractivity contribution in [3.8, 4) is 0 Å². The lowest BCUT2D eigenvalue weighted by Crippen LogP contribution is -2.21. The first-order valence-corrected chi connectivity index (χ1v) is 4.70. The zero-order chi connectivity index (χ0) is 10.7. The van der Waals surface area contributed by atoms with Crippen molar-refractivity contribution < 1.29 is 0 Å². The molecule has 0 bridgehead atoms. The molecule has 15 heavy (non-hydrogen) atoms. The van der Waals surface area contributed by atoms with Gasteiger partial charge in [0.2, 0.25) is 0 Å². The van der Waals surface area contributed by atoms with Crippen LogP contribution >= 0.6 is 0 Å². The van der Waals surface area contributed by atoms with Crippen LogP contribution in [-0.2, 0) is 13.6 Å². The number of H-pyrrole nitrogens is 1. The number of rotatable bonds is 4. The zero-order valence-electron chi connectivity index (χ0n) is 8.68. The van der Waals surface area contributed by atoms with Crippen molar-refractivity contribution in [2.45, 2.75) is 19.5 Å². The predicted octanol–water partition coefficient (Wildman–Crippen LogP) is -0.216. The number of aryl methyl sites for hydroxylation is 1. The summed E-state index contributed by atoms with van der Waals surface area (Å²) in [6.45, 7) is 2.62. The molecule has 0 saturated carbocycles. The standard InChI is InChI=1S/C8H13N7/c1-6(8-9-3-4-15(8)2)10-5-7-11-13-14-12-7/h3-4,6,10H,5H2,1-2H3,(H,11,12,13,14). The summed E-state index contributed by atoms with van der Waals surface area (Å²) in [5, 5.41) is 16.9. The van der Waals surface area contributed by atoms with Gasteiger partial charge in [-0.3, -0.25) is 0 Å². The van der Waals surface area contributed by atoms with E-state index in [-0.39, 0.29) is 6.04 Å². The molecule has 7 heteroatoms. The number of aromatic amines is 1. The van der Waals surface area contributed by atoms with Gasteiger partial charge in [-0.1, -0.05) is 5.21 Å². The molecular weight excluding hydrogens is 194 g/mol. The van der Waals surface area contributed by atoms with Gasteiger partial charge in [-0.25, -0.2) is 4.98 Å². The van der Waals surface area contributed by atoms with Crippen LogP contribution < -0.4 is 5.32 Å². The molecule has 0 aliphatic rings. The fourth-order valence-electron chi connectivity index (χ4n) is 1.39. The van der Waals surface area contributed by atoms with Gasteiger partial charge in [0.05, 0.1) is 12.6 Å². The van der Waals surface area contributed by atoms with Gasteiger partial charge >= 0.3 is 0 Å². The second-order valence-electron chi connectivity index (χ2n) is 3.33. The number of aromatic nitrogens is 6. The van der Waals surface area contributed by atoms with Gasteiger partial charge in [0.1, 0.15) is 5.82 Å². The van der Waals surface area contributed by atoms with Gasteiger partial charge in [0.15, 0.2) is 5.82 Å². The van der Waals surface area contributed by atoms with Gasteiger partial charge in [-0.2, -0.15) is 5.21 Å². The van der Waals surface area contributed by atoms with E-state index in [2.05, 4.69) is 30.9 Å². The average Bonchev–Trinajstić information content (AvgIpc) is 2.84. The Morgan fingerprint density at radius 1 is 1.60 bits per heavy atom. The maximum atomic E-state index is 4.25. The Morgan fingerprint density at radius 2 is 2.47 bits per heavy atom. The molecule has 0 aromatic carbocycles. The molecule has 2 aromatic heterocycles. The van der Waals surface area contributed by atoms with Crippen molar-refractivity contribution in [1.82, 2.24) is 35.5 Å². The SMILES string of the molecule is CC(NCc1nn[nH]n1)c1nccn1C. The second-order valence-corrected chi connectivity index (χ2v) is 3.33. The van der Waals surface area contributed by atoms with Crippen molar-refractivity contribution in [3.05, 3.63) is 24.0 Å². The van der Waals surface area contributed by atoms with Gasteiger partial charge in [0.25, 0.3) is 0 Å². The number of imidazole rings is 1. The molecule has 0 fully saturated rings. The summed E-state index contributed by atoms with van der Waals surface area (Å²) in [5.41, 5.74) is 0. The highest BCUT2D eigenvalue weighted by Crippen LogP contribution is 2.08. The van der Waals surface area contributed by atoms with E-state index >= 15 is 0 Å². The molecule has 2 heterocycles. The van der Waals surface area contributed by atoms with Crippen LogP contribution in [0.1, 0.15) is 24.6 Å². The number of hydrogen-bond acceptors (Lipinski definition) is 5. The third-order valence-corrected chi connectivity index (χ3v) is 2.20. The largest absolute Gasteiger partial charge is 0.337 e. The smallest absolute Gasteiger partial charge is 0.188 e. The molecule has 2 rings (SSSR count). The van der Waals surface area contributed by atoms with E-state index in [4.69, 9.17) is 0 Å². The highest BCUT2D eigenvalue weighted by Gasteiger charge is 2.10. The maximum Gasteiger partial charge on any atom is 0.188 e. The van der Waals surface area contributed by atoms with Crippen LogP contribution in [0.15, 0.2) is 12.4 Å². The van der Waals surface area contributed by atoms with Crippen molar-refractivity contribution in [2.24, 2.45) is 7.05 Å². The molecule has 0 amide bonds. The summed E-state index contributed by atoms with van der Waals surface area (Å²) in [6, 6.07) is 0.156. The summed E-state index contributed by atoms with van der Waals surface area (Å²) in [4.78, 5) is 4.25. The number of tetrazole rings is 1. The molecule has 2 N–H and O–H groups in total. The summed E-state index contributed by atoms with van der Waals surface area (Å²) in [7, 11) is 1.97. The van der Waals surface area contributed by atoms with Crippen molar-refractivity contribution >= 4 is 0 Å². The first-order chi connectivity index (χ1) is 7.27. The topological polar surface area (TPSA) is 84.3 Å². The van der Waals surface area contributed by atoms with Gasteiger partial charge < -0.3 is 9.88 Å². The van der Waals surface area contributed by atoms with E-state index in [1.165, 1.54) is 0 Å². The Balaban J connectivity index is 1.93. The van der Waals surface area contributed by atoms with Gasteiger partial charge in [-0.05, 0) is 6.92 Å². The molecule has 0 saturated heterocycles. The molecule has 1 unspecified atom stereocenters. The Labute approximate surface area is 86.9 Å². The Hall–Kier alpha value is -1.76. The van der Waals surface area contributed by atoms with Crippen LogP contribution in [0, 0.1) is 0 Å². The molecule has 0 aliphatic carbocycles. The first-order valence-electron chi connectivity index (χ1n) is 4.70. The molecule has 7 nitrogen and oxygen atoms in total. The highest BCUT2D eigenvalue weighted by atomic mass is 15.5. The first kappa shape index (κ1) is 9.78. The quantitative estimate of drug-likeness (QED) is 0.724. The van der Waals surface area contributed by atoms with Crippen molar-refractivity contribution in [3.63, 3.8) is 0 Å². The van der Waals surface area contributed by atoms with E-state index < -0.39 is 0 Å². The molecule has 2 aromatic rings. The number of hydrogen-bond donors (Lipinski definition) is 2. The Kier molecular flexibility index (Phi) is 2.72. The Morgan fingerprint density at radius 3 is 3.07 bits per heavy atom. The minimum absolute atomic E-state index is 0.156. The summed E-state index contributed by atoms with van der Waals surface area (Å²) < 4.78 is 1.98. The summed E-state index contributed by atoms with van der Waals surface area (Å²) in [6.07, 6.45) is 3.70. The number of nitrogens with zero attached hydrogens (tertiary/aromatic N) is 5. The summed E-state index contributed by atoms with van der Waals surface area (Å²) >= 11 is 0. The van der Waals surface area contributed by atoms with Crippen LogP contribution in [0.3, 0.4) is 0 Å². The van der Waals surface area contributed by atoms with Crippen molar-refractivity contribution in [2.75, 3.05) is 0 Å². The van der Waals surface area contributed by atoms with Crippen LogP contribution in [-0.4, -0.2) is 30.2 Å². The van der Waals surface area contributed by atoms with E-state index in [9.17, 15) is 0 Å². The fourth-order valence-corrected chi connectivity index (χ4v) is 1.39. The Bertz CT molecular complexity index is 404. The zero-order valence-corrected chi connectivity index (χ0v) is 8.68. The van der Waals surface area contributed by atoms with Crippen LogP contribution in [0.4, 0.5) is 0 Å². The number of nitrogens with one attached hydrogen (secondary N) is 2. The summed E-state index contributed by atoms with van der Waals surface area (Å²) in [5.74, 6) is 1.63. The lowest BCUT2D eigenvalue weighted by molar-refractivity contribution is 0.519. The molecule has 80 valence electrons. The lowest BCUT2D eigenvalue weighted by Gasteiger charge is -2.11. The van der Waals surface area contributed by atoms with Crippen LogP contribution in [0.5, 0.6) is 0 Å². The normalized spacial score (nSPS) is 12.9. The molecule has 0 spiro atoms. The molecule has 0 aliphatic heterocycles. The molecular formula is C8H13N7. The van der Waals surface area contributed by atoms with Crippen LogP contribution in [0.25, 0.3) is 0 Å². The van der Waals surface area contributed by atoms with Gasteiger partial charge in [-0.15, -0.1) is 10.2 Å². The third-order valence-electron chi connectivity index (χ3n) is 2.20. The molecule has 0 radical (unpaired) electrons. The fraction of sp³-hybridized carbons (Fsp3) is 0.500. The maximum absolute atomic E-state index is 4.25. The third kappa shape index (κ3) is 2.18. The second kappa shape index (κ2) is 4.18. The molecule has 1 atom stereocenters. The van der Waals surface area contributed by atoms with E-state index in [1.54, 1.807) is 6.20 Å². The van der Waals surface area contributed by atoms with E-state index in [0.717, 1.165) is 5.82 Å². The monoisotopic (exact) mass is 207 g/mol. The predicted molar refractivity (Wildman–Crippen MR) is 52.6 cm³/mol. The lowest BCUT2D eigenvalue weighted by atomic mass is 10.3. The minimum atomic E-state index is 0.156. The minimum Gasteiger partial charge on any atom is -0.337 e. The highest BCUT2D eigenvalue weighted by molar-refractivity contribution is 4.97. The van der Waals surface area contributed by atoms with E-state index in [1.807, 2.05) is 24.7 Å². The van der Waals surface area contributed by atoms with Gasteiger partial charge in [0, 0.05) is 19.4 Å².